The molecule has 7 heteroatoms. The van der Waals surface area contributed by atoms with Gasteiger partial charge in [0.05, 0.1) is 17.5 Å². The molecule has 0 fully saturated rings. The molecule has 1 aliphatic rings. The largest absolute Gasteiger partial charge is 0.274 e. The lowest BCUT2D eigenvalue weighted by Crippen LogP contribution is -2.42. The molecule has 0 saturated heterocycles. The number of hydrogen-bond acceptors (Lipinski definition) is 4. The summed E-state index contributed by atoms with van der Waals surface area (Å²) in [6.45, 7) is 0.151. The summed E-state index contributed by atoms with van der Waals surface area (Å²) in [7, 11) is 0. The fourth-order valence-corrected chi connectivity index (χ4v) is 2.87. The van der Waals surface area contributed by atoms with Crippen LogP contribution in [-0.2, 0) is 16.0 Å². The van der Waals surface area contributed by atoms with Gasteiger partial charge in [0, 0.05) is 13.0 Å². The lowest BCUT2D eigenvalue weighted by molar-refractivity contribution is -0.128. The molecule has 0 unspecified atom stereocenters. The molecule has 0 bridgehead atoms. The van der Waals surface area contributed by atoms with E-state index in [0.717, 1.165) is 10.5 Å². The van der Waals surface area contributed by atoms with Gasteiger partial charge in [-0.05, 0) is 24.1 Å². The van der Waals surface area contributed by atoms with Crippen molar-refractivity contribution in [2.24, 2.45) is 0 Å². The minimum atomic E-state index is -0.381. The number of hydrazine groups is 1. The Balaban J connectivity index is 1.40. The molecule has 4 amide bonds. The first-order valence-electron chi connectivity index (χ1n) is 8.63. The van der Waals surface area contributed by atoms with Gasteiger partial charge in [-0.1, -0.05) is 42.5 Å². The number of carbonyl (C=O) groups excluding carboxylic acids is 4. The standard InChI is InChI=1S/C20H19N3O4/c24-17(21-22-18(25)13-14-7-2-1-3-8-14)11-6-12-23-19(26)15-9-4-5-10-16(15)20(23)27/h1-5,7-10H,6,11-13H2,(H,21,24)(H,22,25). The van der Waals surface area contributed by atoms with Gasteiger partial charge in [-0.3, -0.25) is 34.9 Å². The number of nitrogens with zero attached hydrogens (tertiary/aromatic N) is 1. The van der Waals surface area contributed by atoms with E-state index in [-0.39, 0.29) is 43.0 Å². The highest BCUT2D eigenvalue weighted by Gasteiger charge is 2.34. The number of rotatable bonds is 6. The molecule has 2 N–H and O–H groups in total. The molecule has 2 aromatic carbocycles. The quantitative estimate of drug-likeness (QED) is 0.598. The van der Waals surface area contributed by atoms with E-state index in [4.69, 9.17) is 0 Å². The summed E-state index contributed by atoms with van der Waals surface area (Å²) in [5.41, 5.74) is 6.32. The normalized spacial score (nSPS) is 12.7. The summed E-state index contributed by atoms with van der Waals surface area (Å²) in [5.74, 6) is -1.39. The van der Waals surface area contributed by atoms with Crippen LogP contribution in [0.4, 0.5) is 0 Å². The number of fused-ring (bicyclic) bond motifs is 1. The zero-order valence-corrected chi connectivity index (χ0v) is 14.6. The highest BCUT2D eigenvalue weighted by Crippen LogP contribution is 2.22. The van der Waals surface area contributed by atoms with E-state index in [1.165, 1.54) is 0 Å². The van der Waals surface area contributed by atoms with Crippen LogP contribution in [-0.4, -0.2) is 35.1 Å². The molecule has 2 aromatic rings. The fourth-order valence-electron chi connectivity index (χ4n) is 2.87. The number of nitrogens with one attached hydrogen (secondary N) is 2. The smallest absolute Gasteiger partial charge is 0.261 e. The van der Waals surface area contributed by atoms with E-state index in [1.54, 1.807) is 24.3 Å². The Bertz CT molecular complexity index is 845. The van der Waals surface area contributed by atoms with Gasteiger partial charge >= 0.3 is 0 Å². The zero-order valence-electron chi connectivity index (χ0n) is 14.6. The van der Waals surface area contributed by atoms with E-state index < -0.39 is 0 Å². The lowest BCUT2D eigenvalue weighted by Gasteiger charge is -2.13. The third-order valence-electron chi connectivity index (χ3n) is 4.21. The number of amides is 4. The molecule has 7 nitrogen and oxygen atoms in total. The summed E-state index contributed by atoms with van der Waals surface area (Å²) in [6.07, 6.45) is 0.557. The maximum absolute atomic E-state index is 12.2. The van der Waals surface area contributed by atoms with Crippen molar-refractivity contribution in [3.05, 3.63) is 71.3 Å². The van der Waals surface area contributed by atoms with Gasteiger partial charge in [-0.2, -0.15) is 0 Å². The zero-order chi connectivity index (χ0) is 19.2. The Morgan fingerprint density at radius 3 is 1.96 bits per heavy atom. The molecular formula is C20H19N3O4. The predicted octanol–water partition coefficient (Wildman–Crippen LogP) is 1.45. The van der Waals surface area contributed by atoms with E-state index in [0.29, 0.717) is 17.5 Å². The maximum Gasteiger partial charge on any atom is 0.261 e. The maximum atomic E-state index is 12.2. The van der Waals surface area contributed by atoms with Gasteiger partial charge in [0.15, 0.2) is 0 Å². The van der Waals surface area contributed by atoms with Crippen molar-refractivity contribution in [2.75, 3.05) is 6.54 Å². The van der Waals surface area contributed by atoms with Gasteiger partial charge in [0.25, 0.3) is 11.8 Å². The molecule has 3 rings (SSSR count). The van der Waals surface area contributed by atoms with Crippen molar-refractivity contribution in [2.45, 2.75) is 19.3 Å². The number of benzene rings is 2. The first-order valence-corrected chi connectivity index (χ1v) is 8.63. The molecule has 1 aliphatic heterocycles. The van der Waals surface area contributed by atoms with Crippen molar-refractivity contribution in [1.29, 1.82) is 0 Å². The van der Waals surface area contributed by atoms with E-state index in [1.807, 2.05) is 30.3 Å². The fraction of sp³-hybridized carbons (Fsp3) is 0.200. The molecule has 0 saturated carbocycles. The second-order valence-corrected chi connectivity index (χ2v) is 6.17. The van der Waals surface area contributed by atoms with Crippen molar-refractivity contribution in [3.8, 4) is 0 Å². The number of carbonyl (C=O) groups is 4. The minimum absolute atomic E-state index is 0.0824. The van der Waals surface area contributed by atoms with Crippen molar-refractivity contribution >= 4 is 23.6 Å². The summed E-state index contributed by atoms with van der Waals surface area (Å²) in [5, 5.41) is 0. The molecule has 0 aliphatic carbocycles. The molecule has 1 heterocycles. The summed E-state index contributed by atoms with van der Waals surface area (Å²) in [6, 6.07) is 15.8. The van der Waals surface area contributed by atoms with Crippen LogP contribution in [0.15, 0.2) is 54.6 Å². The van der Waals surface area contributed by atoms with Crippen LogP contribution in [0.2, 0.25) is 0 Å². The molecular weight excluding hydrogens is 346 g/mol. The number of hydrogen-bond donors (Lipinski definition) is 2. The predicted molar refractivity (Wildman–Crippen MR) is 97.5 cm³/mol. The Labute approximate surface area is 156 Å². The summed E-state index contributed by atoms with van der Waals surface area (Å²) >= 11 is 0. The van der Waals surface area contributed by atoms with Crippen molar-refractivity contribution in [3.63, 3.8) is 0 Å². The molecule has 0 radical (unpaired) electrons. The van der Waals surface area contributed by atoms with E-state index in [2.05, 4.69) is 10.9 Å². The van der Waals surface area contributed by atoms with Crippen LogP contribution >= 0.6 is 0 Å². The molecule has 0 aromatic heterocycles. The third-order valence-corrected chi connectivity index (χ3v) is 4.21. The monoisotopic (exact) mass is 365 g/mol. The van der Waals surface area contributed by atoms with Gasteiger partial charge in [0.1, 0.15) is 0 Å². The lowest BCUT2D eigenvalue weighted by atomic mass is 10.1. The molecule has 138 valence electrons. The molecule has 0 spiro atoms. The highest BCUT2D eigenvalue weighted by atomic mass is 16.2. The Morgan fingerprint density at radius 1 is 0.778 bits per heavy atom. The van der Waals surface area contributed by atoms with E-state index >= 15 is 0 Å². The summed E-state index contributed by atoms with van der Waals surface area (Å²) in [4.78, 5) is 49.2. The second kappa shape index (κ2) is 8.27. The first-order chi connectivity index (χ1) is 13.1. The Morgan fingerprint density at radius 2 is 1.33 bits per heavy atom. The summed E-state index contributed by atoms with van der Waals surface area (Å²) < 4.78 is 0. The SMILES string of the molecule is O=C(CCCN1C(=O)c2ccccc2C1=O)NNC(=O)Cc1ccccc1. The van der Waals surface area contributed by atoms with Gasteiger partial charge in [0.2, 0.25) is 11.8 Å². The van der Waals surface area contributed by atoms with Crippen LogP contribution in [0.3, 0.4) is 0 Å². The number of imide groups is 1. The topological polar surface area (TPSA) is 95.6 Å². The second-order valence-electron chi connectivity index (χ2n) is 6.17. The van der Waals surface area contributed by atoms with Crippen molar-refractivity contribution < 1.29 is 19.2 Å². The van der Waals surface area contributed by atoms with Gasteiger partial charge < -0.3 is 0 Å². The molecule has 0 atom stereocenters. The van der Waals surface area contributed by atoms with E-state index in [9.17, 15) is 19.2 Å². The van der Waals surface area contributed by atoms with Crippen LogP contribution in [0.5, 0.6) is 0 Å². The Hall–Kier alpha value is -3.48. The van der Waals surface area contributed by atoms with Crippen LogP contribution in [0.1, 0.15) is 39.1 Å². The average molecular weight is 365 g/mol. The molecule has 27 heavy (non-hydrogen) atoms. The first kappa shape index (κ1) is 18.3. The highest BCUT2D eigenvalue weighted by molar-refractivity contribution is 6.21. The van der Waals surface area contributed by atoms with Crippen molar-refractivity contribution in [1.82, 2.24) is 15.8 Å². The van der Waals surface area contributed by atoms with Crippen LogP contribution in [0.25, 0.3) is 0 Å². The van der Waals surface area contributed by atoms with Gasteiger partial charge in [-0.15, -0.1) is 0 Å². The van der Waals surface area contributed by atoms with Crippen LogP contribution < -0.4 is 10.9 Å². The Kier molecular flexibility index (Phi) is 5.61. The third kappa shape index (κ3) is 4.38. The van der Waals surface area contributed by atoms with Gasteiger partial charge in [-0.25, -0.2) is 0 Å². The minimum Gasteiger partial charge on any atom is -0.274 e. The van der Waals surface area contributed by atoms with Crippen LogP contribution in [0, 0.1) is 0 Å². The average Bonchev–Trinajstić information content (AvgIpc) is 2.92.